The van der Waals surface area contributed by atoms with Gasteiger partial charge in [-0.05, 0) is 56.1 Å². The molecule has 0 aromatic heterocycles. The molecule has 1 aromatic rings. The molecule has 1 atom stereocenters. The Labute approximate surface area is 128 Å². The Balaban J connectivity index is 0. The topological polar surface area (TPSA) is 23.5 Å². The van der Waals surface area contributed by atoms with E-state index in [-0.39, 0.29) is 15.3 Å². The first-order valence-corrected chi connectivity index (χ1v) is 7.08. The summed E-state index contributed by atoms with van der Waals surface area (Å²) >= 11 is 0. The second-order valence-corrected chi connectivity index (χ2v) is 4.91. The molecule has 2 nitrogen and oxygen atoms in total. The Hall–Kier alpha value is -0.850. The minimum absolute atomic E-state index is 0. The van der Waals surface area contributed by atoms with E-state index in [1.165, 1.54) is 18.4 Å². The van der Waals surface area contributed by atoms with Crippen molar-refractivity contribution >= 4 is 9.90 Å². The Morgan fingerprint density at radius 2 is 1.65 bits per heavy atom. The molecule has 3 heteroatoms. The molecule has 0 spiro atoms. The molecular formula is C17H32NOP. The van der Waals surface area contributed by atoms with E-state index < -0.39 is 0 Å². The molecule has 1 saturated heterocycles. The Kier molecular flexibility index (Phi) is 11.7. The van der Waals surface area contributed by atoms with E-state index in [4.69, 9.17) is 0 Å². The van der Waals surface area contributed by atoms with Crippen LogP contribution >= 0.6 is 9.90 Å². The minimum Gasteiger partial charge on any atom is -0.508 e. The first-order chi connectivity index (χ1) is 9.10. The number of likely N-dealkylation sites (tertiary alicyclic amines) is 1. The highest BCUT2D eigenvalue weighted by Gasteiger charge is 2.30. The van der Waals surface area contributed by atoms with Gasteiger partial charge in [0.15, 0.2) is 0 Å². The summed E-state index contributed by atoms with van der Waals surface area (Å²) in [5.74, 6) is 0.382. The summed E-state index contributed by atoms with van der Waals surface area (Å²) in [7, 11) is 2.17. The maximum Gasteiger partial charge on any atom is 0.115 e. The van der Waals surface area contributed by atoms with Gasteiger partial charge in [0.1, 0.15) is 5.75 Å². The van der Waals surface area contributed by atoms with Crippen molar-refractivity contribution in [3.05, 3.63) is 43.0 Å². The molecule has 1 fully saturated rings. The largest absolute Gasteiger partial charge is 0.508 e. The molecule has 2 rings (SSSR count). The van der Waals surface area contributed by atoms with Crippen LogP contribution in [0.4, 0.5) is 0 Å². The van der Waals surface area contributed by atoms with Crippen molar-refractivity contribution in [2.45, 2.75) is 39.0 Å². The minimum atomic E-state index is 0. The number of piperidine rings is 1. The molecule has 1 unspecified atom stereocenters. The number of aromatic hydroxyl groups is 1. The zero-order chi connectivity index (χ0) is 14.9. The predicted molar refractivity (Wildman–Crippen MR) is 95.9 cm³/mol. The fourth-order valence-corrected chi connectivity index (χ4v) is 2.28. The monoisotopic (exact) mass is 297 g/mol. The van der Waals surface area contributed by atoms with Gasteiger partial charge < -0.3 is 10.0 Å². The SMILES string of the molecule is C=C.CC.CN1CCC(C)(c2cccc(O)c2)CC1.P. The van der Waals surface area contributed by atoms with E-state index in [0.29, 0.717) is 5.75 Å². The second kappa shape index (κ2) is 10.9. The van der Waals surface area contributed by atoms with Crippen LogP contribution < -0.4 is 0 Å². The fraction of sp³-hybridized carbons (Fsp3) is 0.529. The second-order valence-electron chi connectivity index (χ2n) is 4.91. The van der Waals surface area contributed by atoms with Gasteiger partial charge in [0, 0.05) is 0 Å². The van der Waals surface area contributed by atoms with Gasteiger partial charge in [-0.3, -0.25) is 0 Å². The van der Waals surface area contributed by atoms with Crippen molar-refractivity contribution in [2.75, 3.05) is 20.1 Å². The van der Waals surface area contributed by atoms with Crippen LogP contribution in [0.5, 0.6) is 5.75 Å². The quantitative estimate of drug-likeness (QED) is 0.618. The lowest BCUT2D eigenvalue weighted by Gasteiger charge is -2.38. The molecule has 20 heavy (non-hydrogen) atoms. The van der Waals surface area contributed by atoms with Gasteiger partial charge >= 0.3 is 0 Å². The molecule has 0 saturated carbocycles. The van der Waals surface area contributed by atoms with Gasteiger partial charge in [-0.25, -0.2) is 0 Å². The highest BCUT2D eigenvalue weighted by molar-refractivity contribution is 6.92. The highest BCUT2D eigenvalue weighted by Crippen LogP contribution is 2.35. The van der Waals surface area contributed by atoms with Gasteiger partial charge in [-0.2, -0.15) is 9.90 Å². The average Bonchev–Trinajstić information content (AvgIpc) is 2.47. The van der Waals surface area contributed by atoms with Crippen molar-refractivity contribution in [3.63, 3.8) is 0 Å². The third-order valence-electron chi connectivity index (χ3n) is 3.63. The summed E-state index contributed by atoms with van der Waals surface area (Å²) in [4.78, 5) is 2.37. The first-order valence-electron chi connectivity index (χ1n) is 7.08. The van der Waals surface area contributed by atoms with E-state index in [1.54, 1.807) is 6.07 Å². The van der Waals surface area contributed by atoms with Gasteiger partial charge in [-0.1, -0.05) is 32.9 Å². The number of hydrogen-bond donors (Lipinski definition) is 1. The van der Waals surface area contributed by atoms with Crippen molar-refractivity contribution in [1.82, 2.24) is 4.90 Å². The standard InChI is InChI=1S/C13H19NO.C2H6.C2H4.H3P/c1-13(6-8-14(2)9-7-13)11-4-3-5-12(15)10-11;2*1-2;/h3-5,10,15H,6-9H2,1-2H3;1-2H3;1-2H2;1H3. The van der Waals surface area contributed by atoms with Crippen LogP contribution in [0.2, 0.25) is 0 Å². The van der Waals surface area contributed by atoms with Crippen LogP contribution in [0, 0.1) is 0 Å². The molecule has 0 radical (unpaired) electrons. The molecular weight excluding hydrogens is 265 g/mol. The summed E-state index contributed by atoms with van der Waals surface area (Å²) in [6.07, 6.45) is 2.35. The van der Waals surface area contributed by atoms with E-state index in [0.717, 1.165) is 13.1 Å². The van der Waals surface area contributed by atoms with Crippen LogP contribution in [0.1, 0.15) is 39.2 Å². The summed E-state index contributed by atoms with van der Waals surface area (Å²) in [6.45, 7) is 14.6. The molecule has 0 amide bonds. The Morgan fingerprint density at radius 1 is 1.15 bits per heavy atom. The maximum absolute atomic E-state index is 9.50. The van der Waals surface area contributed by atoms with E-state index in [2.05, 4.69) is 38.1 Å². The Bertz CT molecular complexity index is 360. The lowest BCUT2D eigenvalue weighted by Crippen LogP contribution is -2.38. The number of benzene rings is 1. The van der Waals surface area contributed by atoms with Crippen molar-refractivity contribution in [2.24, 2.45) is 0 Å². The lowest BCUT2D eigenvalue weighted by atomic mass is 9.74. The molecule has 116 valence electrons. The normalized spacial score (nSPS) is 16.6. The number of hydrogen-bond acceptors (Lipinski definition) is 2. The zero-order valence-electron chi connectivity index (χ0n) is 13.7. The molecule has 1 aromatic carbocycles. The molecule has 0 aliphatic carbocycles. The molecule has 0 bridgehead atoms. The average molecular weight is 297 g/mol. The lowest BCUT2D eigenvalue weighted by molar-refractivity contribution is 0.199. The summed E-state index contributed by atoms with van der Waals surface area (Å²) < 4.78 is 0. The summed E-state index contributed by atoms with van der Waals surface area (Å²) in [5, 5.41) is 9.50. The van der Waals surface area contributed by atoms with Crippen molar-refractivity contribution < 1.29 is 5.11 Å². The van der Waals surface area contributed by atoms with Gasteiger partial charge in [0.05, 0.1) is 0 Å². The highest BCUT2D eigenvalue weighted by atomic mass is 31.0. The van der Waals surface area contributed by atoms with Crippen molar-refractivity contribution in [3.8, 4) is 5.75 Å². The zero-order valence-corrected chi connectivity index (χ0v) is 15.1. The van der Waals surface area contributed by atoms with Gasteiger partial charge in [0.25, 0.3) is 0 Å². The number of phenolic OH excluding ortho intramolecular Hbond substituents is 1. The van der Waals surface area contributed by atoms with E-state index in [9.17, 15) is 5.11 Å². The smallest absolute Gasteiger partial charge is 0.115 e. The van der Waals surface area contributed by atoms with Gasteiger partial charge in [0.2, 0.25) is 0 Å². The van der Waals surface area contributed by atoms with Crippen LogP contribution in [0.15, 0.2) is 37.4 Å². The van der Waals surface area contributed by atoms with Crippen LogP contribution in [0.3, 0.4) is 0 Å². The third kappa shape index (κ3) is 6.07. The molecule has 1 aliphatic rings. The maximum atomic E-state index is 9.50. The summed E-state index contributed by atoms with van der Waals surface area (Å²) in [6, 6.07) is 7.71. The van der Waals surface area contributed by atoms with Gasteiger partial charge in [-0.15, -0.1) is 13.2 Å². The number of rotatable bonds is 1. The van der Waals surface area contributed by atoms with E-state index >= 15 is 0 Å². The van der Waals surface area contributed by atoms with Crippen LogP contribution in [0.25, 0.3) is 0 Å². The fourth-order valence-electron chi connectivity index (χ4n) is 2.28. The summed E-state index contributed by atoms with van der Waals surface area (Å²) in [5.41, 5.74) is 1.52. The number of nitrogens with zero attached hydrogens (tertiary/aromatic N) is 1. The first kappa shape index (κ1) is 21.4. The van der Waals surface area contributed by atoms with E-state index in [1.807, 2.05) is 26.0 Å². The van der Waals surface area contributed by atoms with Crippen molar-refractivity contribution in [1.29, 1.82) is 0 Å². The molecule has 1 aliphatic heterocycles. The molecule has 1 heterocycles. The Morgan fingerprint density at radius 3 is 2.10 bits per heavy atom. The third-order valence-corrected chi connectivity index (χ3v) is 3.63. The van der Waals surface area contributed by atoms with Crippen LogP contribution in [-0.2, 0) is 5.41 Å². The number of phenols is 1. The molecule has 1 N–H and O–H groups in total. The van der Waals surface area contributed by atoms with Crippen LogP contribution in [-0.4, -0.2) is 30.1 Å². The predicted octanol–water partition coefficient (Wildman–Crippen LogP) is 4.26.